The molecule has 0 heterocycles. The number of aryl methyl sites for hydroxylation is 2. The van der Waals surface area contributed by atoms with E-state index >= 15 is 0 Å². The molecule has 2 aromatic carbocycles. The normalized spacial score (nSPS) is 12.3. The molecule has 0 saturated heterocycles. The SMILES string of the molecule is Cc1ccc(N(C)c2cccc(F)c2C(C)N)c(C)c1. The van der Waals surface area contributed by atoms with Crippen LogP contribution in [0, 0.1) is 19.7 Å². The molecular formula is C17H21FN2. The van der Waals surface area contributed by atoms with Gasteiger partial charge in [0.05, 0.1) is 0 Å². The molecule has 2 rings (SSSR count). The Bertz CT molecular complexity index is 620. The Morgan fingerprint density at radius 1 is 1.10 bits per heavy atom. The van der Waals surface area contributed by atoms with Crippen molar-refractivity contribution in [2.45, 2.75) is 26.8 Å². The first kappa shape index (κ1) is 14.5. The highest BCUT2D eigenvalue weighted by Crippen LogP contribution is 2.33. The number of nitrogens with two attached hydrogens (primary N) is 1. The molecule has 0 bridgehead atoms. The topological polar surface area (TPSA) is 29.3 Å². The minimum atomic E-state index is -0.348. The Labute approximate surface area is 120 Å². The summed E-state index contributed by atoms with van der Waals surface area (Å²) in [4.78, 5) is 2.00. The Morgan fingerprint density at radius 2 is 1.80 bits per heavy atom. The minimum absolute atomic E-state index is 0.255. The van der Waals surface area contributed by atoms with Crippen molar-refractivity contribution in [1.82, 2.24) is 0 Å². The largest absolute Gasteiger partial charge is 0.344 e. The predicted octanol–water partition coefficient (Wildman–Crippen LogP) is 4.23. The first-order valence-corrected chi connectivity index (χ1v) is 6.76. The lowest BCUT2D eigenvalue weighted by atomic mass is 10.0. The van der Waals surface area contributed by atoms with Crippen LogP contribution in [0.2, 0.25) is 0 Å². The lowest BCUT2D eigenvalue weighted by Gasteiger charge is -2.26. The number of benzene rings is 2. The molecule has 0 aromatic heterocycles. The van der Waals surface area contributed by atoms with Gasteiger partial charge in [-0.15, -0.1) is 0 Å². The molecule has 3 heteroatoms. The second-order valence-electron chi connectivity index (χ2n) is 5.31. The van der Waals surface area contributed by atoms with Crippen LogP contribution in [0.25, 0.3) is 0 Å². The van der Waals surface area contributed by atoms with Crippen LogP contribution in [-0.4, -0.2) is 7.05 Å². The fraction of sp³-hybridized carbons (Fsp3) is 0.294. The second-order valence-corrected chi connectivity index (χ2v) is 5.31. The van der Waals surface area contributed by atoms with Gasteiger partial charge in [0.15, 0.2) is 0 Å². The standard InChI is InChI=1S/C17H21FN2/c1-11-8-9-15(12(2)10-11)20(4)16-7-5-6-14(18)17(16)13(3)19/h5-10,13H,19H2,1-4H3. The molecule has 0 fully saturated rings. The molecule has 20 heavy (non-hydrogen) atoms. The fourth-order valence-electron chi connectivity index (χ4n) is 2.58. The van der Waals surface area contributed by atoms with Crippen molar-refractivity contribution in [3.05, 3.63) is 58.9 Å². The van der Waals surface area contributed by atoms with Gasteiger partial charge in [0.2, 0.25) is 0 Å². The van der Waals surface area contributed by atoms with E-state index in [0.29, 0.717) is 5.56 Å². The molecule has 106 valence electrons. The maximum Gasteiger partial charge on any atom is 0.130 e. The summed E-state index contributed by atoms with van der Waals surface area (Å²) in [5, 5.41) is 0. The van der Waals surface area contributed by atoms with Gasteiger partial charge < -0.3 is 10.6 Å². The average molecular weight is 272 g/mol. The Balaban J connectivity index is 2.53. The number of hydrogen-bond donors (Lipinski definition) is 1. The van der Waals surface area contributed by atoms with E-state index in [-0.39, 0.29) is 11.9 Å². The van der Waals surface area contributed by atoms with Crippen LogP contribution in [0.1, 0.15) is 29.7 Å². The fourth-order valence-corrected chi connectivity index (χ4v) is 2.58. The van der Waals surface area contributed by atoms with Crippen LogP contribution in [-0.2, 0) is 0 Å². The van der Waals surface area contributed by atoms with Crippen LogP contribution in [0.15, 0.2) is 36.4 Å². The van der Waals surface area contributed by atoms with E-state index in [2.05, 4.69) is 32.0 Å². The second kappa shape index (κ2) is 5.63. The molecule has 2 N–H and O–H groups in total. The lowest BCUT2D eigenvalue weighted by molar-refractivity contribution is 0.594. The lowest BCUT2D eigenvalue weighted by Crippen LogP contribution is -2.17. The van der Waals surface area contributed by atoms with Crippen molar-refractivity contribution in [3.63, 3.8) is 0 Å². The van der Waals surface area contributed by atoms with Crippen LogP contribution < -0.4 is 10.6 Å². The zero-order valence-electron chi connectivity index (χ0n) is 12.4. The van der Waals surface area contributed by atoms with Crippen LogP contribution in [0.5, 0.6) is 0 Å². The van der Waals surface area contributed by atoms with Gasteiger partial charge in [0.25, 0.3) is 0 Å². The molecule has 0 amide bonds. The van der Waals surface area contributed by atoms with Gasteiger partial charge in [-0.1, -0.05) is 23.8 Å². The monoisotopic (exact) mass is 272 g/mol. The highest BCUT2D eigenvalue weighted by Gasteiger charge is 2.17. The summed E-state index contributed by atoms with van der Waals surface area (Å²) in [5.41, 5.74) is 10.7. The Morgan fingerprint density at radius 3 is 2.40 bits per heavy atom. The quantitative estimate of drug-likeness (QED) is 0.906. The molecule has 2 aromatic rings. The van der Waals surface area contributed by atoms with Gasteiger partial charge in [-0.05, 0) is 44.5 Å². The summed E-state index contributed by atoms with van der Waals surface area (Å²) >= 11 is 0. The molecular weight excluding hydrogens is 251 g/mol. The molecule has 1 atom stereocenters. The molecule has 0 radical (unpaired) electrons. The van der Waals surface area contributed by atoms with Crippen LogP contribution in [0.4, 0.5) is 15.8 Å². The van der Waals surface area contributed by atoms with Gasteiger partial charge in [0.1, 0.15) is 5.82 Å². The van der Waals surface area contributed by atoms with Gasteiger partial charge >= 0.3 is 0 Å². The summed E-state index contributed by atoms with van der Waals surface area (Å²) in [6, 6.07) is 11.0. The molecule has 1 unspecified atom stereocenters. The molecule has 0 spiro atoms. The van der Waals surface area contributed by atoms with Gasteiger partial charge in [-0.25, -0.2) is 4.39 Å². The maximum absolute atomic E-state index is 14.0. The number of anilines is 2. The Hall–Kier alpha value is -1.87. The predicted molar refractivity (Wildman–Crippen MR) is 83.0 cm³/mol. The Kier molecular flexibility index (Phi) is 4.09. The van der Waals surface area contributed by atoms with Crippen molar-refractivity contribution < 1.29 is 4.39 Å². The summed E-state index contributed by atoms with van der Waals surface area (Å²) in [6.45, 7) is 5.92. The van der Waals surface area contributed by atoms with Crippen molar-refractivity contribution in [1.29, 1.82) is 0 Å². The van der Waals surface area contributed by atoms with Gasteiger partial charge in [-0.2, -0.15) is 0 Å². The third-order valence-corrected chi connectivity index (χ3v) is 3.56. The first-order chi connectivity index (χ1) is 9.41. The maximum atomic E-state index is 14.0. The average Bonchev–Trinajstić information content (AvgIpc) is 2.37. The summed E-state index contributed by atoms with van der Waals surface area (Å²) in [6.07, 6.45) is 0. The minimum Gasteiger partial charge on any atom is -0.344 e. The van der Waals surface area contributed by atoms with E-state index in [1.165, 1.54) is 11.6 Å². The zero-order chi connectivity index (χ0) is 14.9. The van der Waals surface area contributed by atoms with E-state index in [4.69, 9.17) is 5.73 Å². The molecule has 0 aliphatic carbocycles. The molecule has 0 aliphatic heterocycles. The first-order valence-electron chi connectivity index (χ1n) is 6.76. The summed E-state index contributed by atoms with van der Waals surface area (Å²) in [5.74, 6) is -0.255. The molecule has 0 saturated carbocycles. The van der Waals surface area contributed by atoms with E-state index in [9.17, 15) is 4.39 Å². The number of hydrogen-bond acceptors (Lipinski definition) is 2. The van der Waals surface area contributed by atoms with Crippen molar-refractivity contribution >= 4 is 11.4 Å². The van der Waals surface area contributed by atoms with Crippen molar-refractivity contribution in [2.24, 2.45) is 5.73 Å². The van der Waals surface area contributed by atoms with Crippen LogP contribution >= 0.6 is 0 Å². The number of nitrogens with zero attached hydrogens (tertiary/aromatic N) is 1. The van der Waals surface area contributed by atoms with E-state index in [0.717, 1.165) is 16.9 Å². The van der Waals surface area contributed by atoms with Crippen molar-refractivity contribution in [2.75, 3.05) is 11.9 Å². The van der Waals surface area contributed by atoms with Crippen molar-refractivity contribution in [3.8, 4) is 0 Å². The van der Waals surface area contributed by atoms with Gasteiger partial charge in [0, 0.05) is 30.0 Å². The molecule has 0 aliphatic rings. The van der Waals surface area contributed by atoms with E-state index in [1.54, 1.807) is 13.0 Å². The van der Waals surface area contributed by atoms with E-state index < -0.39 is 0 Å². The van der Waals surface area contributed by atoms with Crippen LogP contribution in [0.3, 0.4) is 0 Å². The third-order valence-electron chi connectivity index (χ3n) is 3.56. The zero-order valence-corrected chi connectivity index (χ0v) is 12.4. The smallest absolute Gasteiger partial charge is 0.130 e. The number of halogens is 1. The molecule has 2 nitrogen and oxygen atoms in total. The highest BCUT2D eigenvalue weighted by molar-refractivity contribution is 5.69. The van der Waals surface area contributed by atoms with Gasteiger partial charge in [-0.3, -0.25) is 0 Å². The van der Waals surface area contributed by atoms with E-state index in [1.807, 2.05) is 18.0 Å². The number of rotatable bonds is 3. The third kappa shape index (κ3) is 2.68. The summed E-state index contributed by atoms with van der Waals surface area (Å²) < 4.78 is 14.0. The highest BCUT2D eigenvalue weighted by atomic mass is 19.1. The summed E-state index contributed by atoms with van der Waals surface area (Å²) in [7, 11) is 1.94.